The van der Waals surface area contributed by atoms with Crippen molar-refractivity contribution in [1.82, 2.24) is 10.3 Å². The first kappa shape index (κ1) is 28.1. The van der Waals surface area contributed by atoms with Gasteiger partial charge in [0.1, 0.15) is 23.5 Å². The Bertz CT molecular complexity index is 1120. The Kier molecular flexibility index (Phi) is 9.23. The van der Waals surface area contributed by atoms with Gasteiger partial charge in [-0.3, -0.25) is 10.6 Å². The van der Waals surface area contributed by atoms with Gasteiger partial charge in [0, 0.05) is 18.2 Å². The summed E-state index contributed by atoms with van der Waals surface area (Å²) in [6.45, 7) is 9.10. The topological polar surface area (TPSA) is 135 Å². The number of rotatable bonds is 10. The lowest BCUT2D eigenvalue weighted by Gasteiger charge is -2.26. The molecule has 1 heterocycles. The van der Waals surface area contributed by atoms with Crippen LogP contribution in [0.4, 0.5) is 5.69 Å². The maximum Gasteiger partial charge on any atom is 0.452 e. The molecule has 1 saturated heterocycles. The van der Waals surface area contributed by atoms with E-state index in [1.807, 2.05) is 26.0 Å². The molecule has 0 saturated carbocycles. The fraction of sp³-hybridized carbons (Fsp3) is 0.481. The van der Waals surface area contributed by atoms with Gasteiger partial charge in [0.05, 0.1) is 24.1 Å². The quantitative estimate of drug-likeness (QED) is 0.0945. The molecule has 10 heteroatoms. The number of ether oxygens (including phenoxy) is 1. The minimum atomic E-state index is -1.04. The summed E-state index contributed by atoms with van der Waals surface area (Å²) in [5.41, 5.74) is 12.1. The van der Waals surface area contributed by atoms with Crippen molar-refractivity contribution in [2.75, 3.05) is 18.6 Å². The number of hydrogen-bond donors (Lipinski definition) is 4. The van der Waals surface area contributed by atoms with Crippen LogP contribution in [0.1, 0.15) is 69.3 Å². The standard InChI is InChI=1S/C27H38N6O4/c1-17(2)22-13-23(24(35)14-25(22)37-5)26(28)32(27(29)33(36)30-18(3)4)20-10-8-19(9-11-20)15-31-12-6-7-21(31)16-34/h8-11,13-14,16-18,21,26,29H,6-7,12,15,28H2,1-5H3,(H-,30,35,36)/p+1. The molecule has 1 aliphatic rings. The Balaban J connectivity index is 1.99. The molecule has 0 bridgehead atoms. The number of nitrogens with zero attached hydrogens (tertiary/aromatic N) is 3. The van der Waals surface area contributed by atoms with Crippen molar-refractivity contribution >= 4 is 17.9 Å². The Labute approximate surface area is 218 Å². The van der Waals surface area contributed by atoms with Gasteiger partial charge in [0.15, 0.2) is 6.17 Å². The van der Waals surface area contributed by atoms with Crippen molar-refractivity contribution in [3.63, 3.8) is 0 Å². The number of methoxy groups -OCH3 is 1. The van der Waals surface area contributed by atoms with E-state index in [4.69, 9.17) is 15.9 Å². The molecule has 37 heavy (non-hydrogen) atoms. The van der Waals surface area contributed by atoms with Crippen molar-refractivity contribution in [2.24, 2.45) is 5.73 Å². The van der Waals surface area contributed by atoms with Crippen LogP contribution in [-0.2, 0) is 11.3 Å². The fourth-order valence-electron chi connectivity index (χ4n) is 4.61. The highest BCUT2D eigenvalue weighted by molar-refractivity contribution is 5.88. The third-order valence-electron chi connectivity index (χ3n) is 6.57. The second-order valence-electron chi connectivity index (χ2n) is 10.0. The second-order valence-corrected chi connectivity index (χ2v) is 10.0. The molecule has 3 rings (SSSR count). The molecular weight excluding hydrogens is 472 g/mol. The van der Waals surface area contributed by atoms with Gasteiger partial charge in [0.25, 0.3) is 0 Å². The van der Waals surface area contributed by atoms with Gasteiger partial charge in [-0.15, -0.1) is 5.41 Å². The highest BCUT2D eigenvalue weighted by Crippen LogP contribution is 2.37. The van der Waals surface area contributed by atoms with E-state index in [9.17, 15) is 14.8 Å². The molecular formula is C27H39N6O4+. The van der Waals surface area contributed by atoms with E-state index in [2.05, 4.69) is 10.3 Å². The lowest BCUT2D eigenvalue weighted by Crippen LogP contribution is -2.49. The molecule has 10 nitrogen and oxygen atoms in total. The van der Waals surface area contributed by atoms with Crippen LogP contribution < -0.4 is 20.8 Å². The monoisotopic (exact) mass is 511 g/mol. The van der Waals surface area contributed by atoms with Gasteiger partial charge >= 0.3 is 5.96 Å². The number of nitrogens with two attached hydrogens (primary N) is 1. The summed E-state index contributed by atoms with van der Waals surface area (Å²) in [4.78, 5) is 28.0. The van der Waals surface area contributed by atoms with E-state index in [-0.39, 0.29) is 23.8 Å². The SMILES string of the molecule is COc1cc(O)c(C(N)N(C(=N)[N+](=O)NC(C)C)c2ccc(CN3CCCC3C=O)cc2)cc1C(C)C. The van der Waals surface area contributed by atoms with E-state index in [1.54, 1.807) is 32.0 Å². The Hall–Kier alpha value is -3.50. The summed E-state index contributed by atoms with van der Waals surface area (Å²) in [6.07, 6.45) is 1.83. The number of carbonyl (C=O) groups excluding carboxylic acids is 1. The smallest absolute Gasteiger partial charge is 0.452 e. The average Bonchev–Trinajstić information content (AvgIpc) is 3.31. The summed E-state index contributed by atoms with van der Waals surface area (Å²) >= 11 is 0. The second kappa shape index (κ2) is 12.2. The number of hydrogen-bond acceptors (Lipinski definition) is 7. The predicted octanol–water partition coefficient (Wildman–Crippen LogP) is 3.78. The fourth-order valence-corrected chi connectivity index (χ4v) is 4.61. The van der Waals surface area contributed by atoms with Crippen LogP contribution in [0, 0.1) is 10.3 Å². The molecule has 5 N–H and O–H groups in total. The number of phenolic OH excluding ortho intramolecular Hbond substituents is 1. The molecule has 0 aliphatic carbocycles. The van der Waals surface area contributed by atoms with Crippen LogP contribution in [-0.4, -0.2) is 52.9 Å². The minimum Gasteiger partial charge on any atom is -0.507 e. The van der Waals surface area contributed by atoms with Gasteiger partial charge in [-0.2, -0.15) is 0 Å². The van der Waals surface area contributed by atoms with Gasteiger partial charge in [-0.05, 0) is 68.5 Å². The first-order valence-electron chi connectivity index (χ1n) is 12.6. The number of nitrogens with one attached hydrogen (secondary N) is 2. The van der Waals surface area contributed by atoms with Crippen LogP contribution in [0.3, 0.4) is 0 Å². The number of aromatic hydroxyl groups is 1. The number of carbonyl (C=O) groups is 1. The molecule has 1 aliphatic heterocycles. The van der Waals surface area contributed by atoms with Gasteiger partial charge in [-0.25, -0.2) is 10.3 Å². The summed E-state index contributed by atoms with van der Waals surface area (Å²) < 4.78 is 5.43. The van der Waals surface area contributed by atoms with Crippen LogP contribution >= 0.6 is 0 Å². The highest BCUT2D eigenvalue weighted by Gasteiger charge is 2.35. The zero-order valence-electron chi connectivity index (χ0n) is 22.3. The molecule has 2 aromatic rings. The van der Waals surface area contributed by atoms with Crippen LogP contribution in [0.25, 0.3) is 0 Å². The number of anilines is 1. The van der Waals surface area contributed by atoms with Gasteiger partial charge in [0.2, 0.25) is 0 Å². The third-order valence-corrected chi connectivity index (χ3v) is 6.57. The summed E-state index contributed by atoms with van der Waals surface area (Å²) in [6, 6.07) is 10.4. The summed E-state index contributed by atoms with van der Waals surface area (Å²) in [5.74, 6) is 0.118. The molecule has 2 unspecified atom stereocenters. The average molecular weight is 512 g/mol. The Morgan fingerprint density at radius 1 is 1.27 bits per heavy atom. The zero-order valence-corrected chi connectivity index (χ0v) is 22.3. The van der Waals surface area contributed by atoms with Crippen molar-refractivity contribution in [2.45, 2.75) is 71.2 Å². The maximum atomic E-state index is 12.8. The van der Waals surface area contributed by atoms with E-state index in [0.29, 0.717) is 28.4 Å². The number of nitroso groups, excluding NO2 is 1. The number of aldehydes is 1. The largest absolute Gasteiger partial charge is 0.507 e. The third kappa shape index (κ3) is 6.44. The number of likely N-dealkylation sites (tertiary alicyclic amines) is 1. The van der Waals surface area contributed by atoms with Gasteiger partial charge in [-0.1, -0.05) is 30.9 Å². The zero-order chi connectivity index (χ0) is 27.3. The molecule has 200 valence electrons. The van der Waals surface area contributed by atoms with E-state index in [0.717, 1.165) is 36.8 Å². The molecule has 2 atom stereocenters. The summed E-state index contributed by atoms with van der Waals surface area (Å²) in [7, 11) is 1.54. The normalized spacial score (nSPS) is 16.6. The van der Waals surface area contributed by atoms with E-state index < -0.39 is 12.1 Å². The first-order chi connectivity index (χ1) is 17.6. The van der Waals surface area contributed by atoms with Crippen molar-refractivity contribution in [3.8, 4) is 11.5 Å². The first-order valence-corrected chi connectivity index (χ1v) is 12.6. The predicted molar refractivity (Wildman–Crippen MR) is 144 cm³/mol. The minimum absolute atomic E-state index is 0.0675. The number of guanidine groups is 1. The van der Waals surface area contributed by atoms with Crippen molar-refractivity contribution in [3.05, 3.63) is 58.0 Å². The van der Waals surface area contributed by atoms with E-state index in [1.165, 1.54) is 18.1 Å². The van der Waals surface area contributed by atoms with Gasteiger partial charge < -0.3 is 14.6 Å². The maximum absolute atomic E-state index is 12.8. The van der Waals surface area contributed by atoms with Crippen LogP contribution in [0.2, 0.25) is 0 Å². The molecule has 1 fully saturated rings. The Morgan fingerprint density at radius 2 is 1.95 bits per heavy atom. The number of benzene rings is 2. The van der Waals surface area contributed by atoms with Crippen molar-refractivity contribution < 1.29 is 19.5 Å². The number of phenols is 1. The molecule has 0 radical (unpaired) electrons. The van der Waals surface area contributed by atoms with Crippen molar-refractivity contribution in [1.29, 1.82) is 5.41 Å². The highest BCUT2D eigenvalue weighted by atomic mass is 16.5. The number of hydrazine groups is 1. The van der Waals surface area contributed by atoms with Crippen LogP contribution in [0.15, 0.2) is 36.4 Å². The lowest BCUT2D eigenvalue weighted by molar-refractivity contribution is -0.507. The molecule has 0 amide bonds. The molecule has 0 spiro atoms. The van der Waals surface area contributed by atoms with E-state index >= 15 is 0 Å². The molecule has 0 aromatic heterocycles. The lowest BCUT2D eigenvalue weighted by atomic mass is 9.97. The Morgan fingerprint density at radius 3 is 2.51 bits per heavy atom. The summed E-state index contributed by atoms with van der Waals surface area (Å²) in [5, 5.41) is 19.5. The molecule has 2 aromatic carbocycles. The van der Waals surface area contributed by atoms with Crippen LogP contribution in [0.5, 0.6) is 11.5 Å².